The van der Waals surface area contributed by atoms with Crippen molar-refractivity contribution in [1.82, 2.24) is 0 Å². The van der Waals surface area contributed by atoms with Crippen molar-refractivity contribution in [1.29, 1.82) is 0 Å². The van der Waals surface area contributed by atoms with Gasteiger partial charge in [-0.3, -0.25) is 0 Å². The van der Waals surface area contributed by atoms with E-state index in [9.17, 15) is 4.79 Å². The smallest absolute Gasteiger partial charge is 0.337 e. The highest BCUT2D eigenvalue weighted by atomic mass is 16.5. The number of carbonyl (C=O) groups is 1. The number of rotatable bonds is 3. The van der Waals surface area contributed by atoms with Gasteiger partial charge >= 0.3 is 5.97 Å². The van der Waals surface area contributed by atoms with E-state index in [1.165, 1.54) is 7.11 Å². The van der Waals surface area contributed by atoms with Crippen LogP contribution in [0.5, 0.6) is 0 Å². The van der Waals surface area contributed by atoms with Crippen molar-refractivity contribution in [2.24, 2.45) is 5.73 Å². The van der Waals surface area contributed by atoms with E-state index in [2.05, 4.69) is 11.3 Å². The zero-order chi connectivity index (χ0) is 10.6. The molecule has 1 atom stereocenters. The third kappa shape index (κ3) is 2.20. The Hall–Kier alpha value is -1.61. The molecular formula is C11H13NO2. The highest BCUT2D eigenvalue weighted by Crippen LogP contribution is 2.12. The third-order valence-electron chi connectivity index (χ3n) is 1.97. The van der Waals surface area contributed by atoms with Gasteiger partial charge in [-0.1, -0.05) is 18.2 Å². The van der Waals surface area contributed by atoms with E-state index in [1.807, 2.05) is 0 Å². The topological polar surface area (TPSA) is 52.3 Å². The molecule has 0 fully saturated rings. The molecule has 1 aromatic carbocycles. The van der Waals surface area contributed by atoms with Crippen molar-refractivity contribution in [3.63, 3.8) is 0 Å². The first-order valence-electron chi connectivity index (χ1n) is 4.25. The third-order valence-corrected chi connectivity index (χ3v) is 1.97. The summed E-state index contributed by atoms with van der Waals surface area (Å²) in [5.74, 6) is -0.344. The Morgan fingerprint density at radius 1 is 1.50 bits per heavy atom. The van der Waals surface area contributed by atoms with E-state index >= 15 is 0 Å². The lowest BCUT2D eigenvalue weighted by atomic mass is 10.1. The van der Waals surface area contributed by atoms with Gasteiger partial charge in [0.25, 0.3) is 0 Å². The lowest BCUT2D eigenvalue weighted by Gasteiger charge is -2.06. The molecule has 0 unspecified atom stereocenters. The van der Waals surface area contributed by atoms with Gasteiger partial charge < -0.3 is 10.5 Å². The molecule has 2 N–H and O–H groups in total. The summed E-state index contributed by atoms with van der Waals surface area (Å²) in [6.07, 6.45) is 1.65. The molecule has 3 heteroatoms. The van der Waals surface area contributed by atoms with Crippen molar-refractivity contribution >= 4 is 5.97 Å². The zero-order valence-electron chi connectivity index (χ0n) is 8.07. The first-order chi connectivity index (χ1) is 6.69. The second-order valence-corrected chi connectivity index (χ2v) is 2.88. The van der Waals surface area contributed by atoms with Gasteiger partial charge in [-0.05, 0) is 17.7 Å². The number of carbonyl (C=O) groups excluding carboxylic acids is 1. The summed E-state index contributed by atoms with van der Waals surface area (Å²) in [5, 5.41) is 0. The summed E-state index contributed by atoms with van der Waals surface area (Å²) in [6, 6.07) is 6.76. The number of nitrogens with two attached hydrogens (primary N) is 1. The molecule has 0 spiro atoms. The average molecular weight is 191 g/mol. The van der Waals surface area contributed by atoms with E-state index in [4.69, 9.17) is 5.73 Å². The number of esters is 1. The molecule has 0 amide bonds. The van der Waals surface area contributed by atoms with Crippen LogP contribution in [-0.2, 0) is 4.74 Å². The quantitative estimate of drug-likeness (QED) is 0.584. The fourth-order valence-electron chi connectivity index (χ4n) is 1.10. The molecule has 0 aromatic heterocycles. The molecule has 0 heterocycles. The molecule has 14 heavy (non-hydrogen) atoms. The summed E-state index contributed by atoms with van der Waals surface area (Å²) in [5.41, 5.74) is 7.16. The monoisotopic (exact) mass is 191 g/mol. The van der Waals surface area contributed by atoms with Gasteiger partial charge in [0.1, 0.15) is 0 Å². The Kier molecular flexibility index (Phi) is 3.42. The number of benzene rings is 1. The van der Waals surface area contributed by atoms with Gasteiger partial charge in [-0.15, -0.1) is 6.58 Å². The maximum Gasteiger partial charge on any atom is 0.337 e. The van der Waals surface area contributed by atoms with Crippen LogP contribution in [0.1, 0.15) is 22.0 Å². The van der Waals surface area contributed by atoms with E-state index in [1.54, 1.807) is 30.3 Å². The van der Waals surface area contributed by atoms with Crippen LogP contribution in [-0.4, -0.2) is 13.1 Å². The van der Waals surface area contributed by atoms with Gasteiger partial charge in [0, 0.05) is 6.04 Å². The Bertz CT molecular complexity index is 330. The van der Waals surface area contributed by atoms with E-state index in [0.29, 0.717) is 5.56 Å². The molecule has 1 rings (SSSR count). The molecule has 0 saturated heterocycles. The van der Waals surface area contributed by atoms with Gasteiger partial charge in [-0.25, -0.2) is 4.79 Å². The lowest BCUT2D eigenvalue weighted by Crippen LogP contribution is -2.07. The Morgan fingerprint density at radius 2 is 2.07 bits per heavy atom. The Balaban J connectivity index is 2.88. The summed E-state index contributed by atoms with van der Waals surface area (Å²) < 4.78 is 4.57. The number of methoxy groups -OCH3 is 1. The number of hydrogen-bond donors (Lipinski definition) is 1. The molecular weight excluding hydrogens is 178 g/mol. The van der Waals surface area contributed by atoms with Crippen LogP contribution in [0.25, 0.3) is 0 Å². The van der Waals surface area contributed by atoms with Gasteiger partial charge in [-0.2, -0.15) is 0 Å². The van der Waals surface area contributed by atoms with Crippen molar-refractivity contribution in [3.8, 4) is 0 Å². The molecule has 0 aliphatic heterocycles. The molecule has 3 nitrogen and oxygen atoms in total. The van der Waals surface area contributed by atoms with Crippen LogP contribution < -0.4 is 5.73 Å². The molecule has 0 bridgehead atoms. The first-order valence-corrected chi connectivity index (χ1v) is 4.25. The highest BCUT2D eigenvalue weighted by molar-refractivity contribution is 5.89. The van der Waals surface area contributed by atoms with Crippen LogP contribution in [0.15, 0.2) is 36.9 Å². The number of hydrogen-bond acceptors (Lipinski definition) is 3. The normalized spacial score (nSPS) is 11.9. The lowest BCUT2D eigenvalue weighted by molar-refractivity contribution is 0.0600. The van der Waals surface area contributed by atoms with Crippen molar-refractivity contribution in [2.75, 3.05) is 7.11 Å². The minimum Gasteiger partial charge on any atom is -0.465 e. The van der Waals surface area contributed by atoms with Crippen LogP contribution in [0, 0.1) is 0 Å². The van der Waals surface area contributed by atoms with Gasteiger partial charge in [0.15, 0.2) is 0 Å². The Morgan fingerprint density at radius 3 is 2.50 bits per heavy atom. The molecule has 0 saturated carbocycles. The first kappa shape index (κ1) is 10.5. The van der Waals surface area contributed by atoms with Crippen LogP contribution in [0.3, 0.4) is 0 Å². The van der Waals surface area contributed by atoms with E-state index in [0.717, 1.165) is 5.56 Å². The van der Waals surface area contributed by atoms with Crippen LogP contribution >= 0.6 is 0 Å². The summed E-state index contributed by atoms with van der Waals surface area (Å²) in [4.78, 5) is 11.1. The summed E-state index contributed by atoms with van der Waals surface area (Å²) in [6.45, 7) is 3.59. The standard InChI is InChI=1S/C11H13NO2/c1-3-10(12)8-4-6-9(7-5-8)11(13)14-2/h3-7,10H,1,12H2,2H3/t10-/m1/s1. The summed E-state index contributed by atoms with van der Waals surface area (Å²) in [7, 11) is 1.35. The second-order valence-electron chi connectivity index (χ2n) is 2.88. The van der Waals surface area contributed by atoms with Crippen molar-refractivity contribution < 1.29 is 9.53 Å². The van der Waals surface area contributed by atoms with Crippen molar-refractivity contribution in [2.45, 2.75) is 6.04 Å². The molecule has 0 aliphatic carbocycles. The summed E-state index contributed by atoms with van der Waals surface area (Å²) >= 11 is 0. The van der Waals surface area contributed by atoms with Crippen LogP contribution in [0.4, 0.5) is 0 Å². The van der Waals surface area contributed by atoms with Gasteiger partial charge in [0.2, 0.25) is 0 Å². The predicted octanol–water partition coefficient (Wildman–Crippen LogP) is 1.66. The molecule has 1 aromatic rings. The number of ether oxygens (including phenoxy) is 1. The minimum absolute atomic E-state index is 0.193. The maximum atomic E-state index is 11.1. The molecule has 0 radical (unpaired) electrons. The van der Waals surface area contributed by atoms with E-state index < -0.39 is 0 Å². The fourth-order valence-corrected chi connectivity index (χ4v) is 1.10. The SMILES string of the molecule is C=C[C@@H](N)c1ccc(C(=O)OC)cc1. The zero-order valence-corrected chi connectivity index (χ0v) is 8.07. The van der Waals surface area contributed by atoms with E-state index in [-0.39, 0.29) is 12.0 Å². The van der Waals surface area contributed by atoms with Gasteiger partial charge in [0.05, 0.1) is 12.7 Å². The Labute approximate surface area is 83.2 Å². The molecule has 74 valence electrons. The minimum atomic E-state index is -0.344. The molecule has 0 aliphatic rings. The predicted molar refractivity (Wildman–Crippen MR) is 54.9 cm³/mol. The largest absolute Gasteiger partial charge is 0.465 e. The fraction of sp³-hybridized carbons (Fsp3) is 0.182. The second kappa shape index (κ2) is 4.58. The highest BCUT2D eigenvalue weighted by Gasteiger charge is 2.06. The van der Waals surface area contributed by atoms with Crippen molar-refractivity contribution in [3.05, 3.63) is 48.0 Å². The average Bonchev–Trinajstić information content (AvgIpc) is 2.27. The maximum absolute atomic E-state index is 11.1. The van der Waals surface area contributed by atoms with Crippen LogP contribution in [0.2, 0.25) is 0 Å².